The van der Waals surface area contributed by atoms with Gasteiger partial charge in [-0.05, 0) is 74.7 Å². The third-order valence-electron chi connectivity index (χ3n) is 7.13. The first-order chi connectivity index (χ1) is 21.3. The van der Waals surface area contributed by atoms with Crippen LogP contribution in [0.4, 0.5) is 17.1 Å². The van der Waals surface area contributed by atoms with E-state index >= 15 is 0 Å². The molecule has 0 heterocycles. The molecule has 2 atom stereocenters. The molecule has 0 amide bonds. The molecule has 5 rings (SSSR count). The van der Waals surface area contributed by atoms with Crippen molar-refractivity contribution >= 4 is 57.4 Å². The molecule has 44 heavy (non-hydrogen) atoms. The molecule has 0 aliphatic heterocycles. The Morgan fingerprint density at radius 1 is 0.477 bits per heavy atom. The normalized spacial score (nSPS) is 12.1. The SMILES string of the molecule is Cc1ccc(N(c2ccc(/C=C/c3ccc(C[P+](=O)O)cc3)cc2)c2ccc(/C=C/c3ccc(C[P+](=O)O)cc3)cc2)cc1. The largest absolute Gasteiger partial charge is 0.510 e. The predicted octanol–water partition coefficient (Wildman–Crippen LogP) is 10.3. The average Bonchev–Trinajstić information content (AvgIpc) is 3.02. The van der Waals surface area contributed by atoms with E-state index in [2.05, 4.69) is 96.8 Å². The zero-order chi connectivity index (χ0) is 30.9. The topological polar surface area (TPSA) is 77.8 Å². The van der Waals surface area contributed by atoms with Gasteiger partial charge in [-0.25, -0.2) is 0 Å². The zero-order valence-electron chi connectivity index (χ0n) is 24.3. The molecule has 5 nitrogen and oxygen atoms in total. The first kappa shape index (κ1) is 30.9. The Morgan fingerprint density at radius 3 is 1.05 bits per heavy atom. The van der Waals surface area contributed by atoms with Crippen molar-refractivity contribution in [2.45, 2.75) is 19.2 Å². The van der Waals surface area contributed by atoms with E-state index in [1.54, 1.807) is 0 Å². The minimum absolute atomic E-state index is 0.171. The van der Waals surface area contributed by atoms with E-state index in [0.29, 0.717) is 0 Å². The van der Waals surface area contributed by atoms with Crippen LogP contribution in [0.5, 0.6) is 0 Å². The first-order valence-electron chi connectivity index (χ1n) is 14.2. The van der Waals surface area contributed by atoms with Crippen molar-refractivity contribution in [1.82, 2.24) is 0 Å². The summed E-state index contributed by atoms with van der Waals surface area (Å²) in [6, 6.07) is 40.7. The molecule has 0 saturated carbocycles. The maximum absolute atomic E-state index is 11.1. The molecule has 0 saturated heterocycles. The van der Waals surface area contributed by atoms with Gasteiger partial charge in [0.15, 0.2) is 0 Å². The number of aryl methyl sites for hydroxylation is 1. The highest BCUT2D eigenvalue weighted by molar-refractivity contribution is 7.37. The van der Waals surface area contributed by atoms with Crippen molar-refractivity contribution < 1.29 is 18.9 Å². The molecule has 0 aliphatic carbocycles. The van der Waals surface area contributed by atoms with Crippen LogP contribution in [-0.4, -0.2) is 9.79 Å². The summed E-state index contributed by atoms with van der Waals surface area (Å²) in [7, 11) is -4.36. The second-order valence-corrected chi connectivity index (χ2v) is 12.6. The van der Waals surface area contributed by atoms with Crippen molar-refractivity contribution in [2.24, 2.45) is 0 Å². The van der Waals surface area contributed by atoms with Gasteiger partial charge in [0, 0.05) is 28.2 Å². The second kappa shape index (κ2) is 14.8. The van der Waals surface area contributed by atoms with Gasteiger partial charge >= 0.3 is 16.1 Å². The predicted molar refractivity (Wildman–Crippen MR) is 184 cm³/mol. The Bertz CT molecular complexity index is 1670. The van der Waals surface area contributed by atoms with Crippen LogP contribution < -0.4 is 4.90 Å². The van der Waals surface area contributed by atoms with Crippen LogP contribution in [-0.2, 0) is 21.5 Å². The standard InChI is InChI=1S/C37H31NO4P2/c1-28-2-20-35(21-3-28)38(36-22-16-31(17-23-36)6-4-29-8-12-33(13-9-29)26-43(39)40)37-24-18-32(19-25-37)7-5-30-10-14-34(15-11-30)27-44(41)42/h2-25H,26-27H2,1H3/p+2/b6-4+,7-5+. The molecule has 218 valence electrons. The third-order valence-corrected chi connectivity index (χ3v) is 8.40. The van der Waals surface area contributed by atoms with E-state index in [-0.39, 0.29) is 12.3 Å². The summed E-state index contributed by atoms with van der Waals surface area (Å²) in [6.07, 6.45) is 8.53. The van der Waals surface area contributed by atoms with E-state index in [4.69, 9.17) is 9.79 Å². The molecule has 0 fully saturated rings. The molecule has 2 unspecified atom stereocenters. The van der Waals surface area contributed by atoms with Crippen LogP contribution in [0.25, 0.3) is 24.3 Å². The van der Waals surface area contributed by atoms with Crippen molar-refractivity contribution in [3.05, 3.63) is 160 Å². The van der Waals surface area contributed by atoms with E-state index in [1.165, 1.54) is 5.56 Å². The number of hydrogen-bond donors (Lipinski definition) is 2. The molecule has 0 aliphatic rings. The second-order valence-electron chi connectivity index (χ2n) is 10.5. The van der Waals surface area contributed by atoms with Gasteiger partial charge in [-0.15, -0.1) is 0 Å². The van der Waals surface area contributed by atoms with Gasteiger partial charge in [0.1, 0.15) is 0 Å². The summed E-state index contributed by atoms with van der Waals surface area (Å²) in [5, 5.41) is 0. The molecule has 0 bridgehead atoms. The first-order valence-corrected chi connectivity index (χ1v) is 17.0. The van der Waals surface area contributed by atoms with Crippen molar-refractivity contribution in [2.75, 3.05) is 4.90 Å². The van der Waals surface area contributed by atoms with Crippen LogP contribution in [0.15, 0.2) is 121 Å². The van der Waals surface area contributed by atoms with E-state index < -0.39 is 16.1 Å². The number of rotatable bonds is 11. The molecule has 0 aromatic heterocycles. The van der Waals surface area contributed by atoms with Crippen LogP contribution in [0, 0.1) is 6.92 Å². The van der Waals surface area contributed by atoms with E-state index in [9.17, 15) is 9.13 Å². The third kappa shape index (κ3) is 8.76. The van der Waals surface area contributed by atoms with E-state index in [0.717, 1.165) is 50.4 Å². The fraction of sp³-hybridized carbons (Fsp3) is 0.0811. The maximum atomic E-state index is 11.1. The monoisotopic (exact) mass is 617 g/mol. The van der Waals surface area contributed by atoms with Gasteiger partial charge in [-0.3, -0.25) is 0 Å². The maximum Gasteiger partial charge on any atom is 0.510 e. The van der Waals surface area contributed by atoms with Crippen LogP contribution in [0.1, 0.15) is 38.9 Å². The highest BCUT2D eigenvalue weighted by atomic mass is 31.1. The van der Waals surface area contributed by atoms with Gasteiger partial charge in [0.05, 0.1) is 0 Å². The Balaban J connectivity index is 1.33. The smallest absolute Gasteiger partial charge is 0.311 e. The summed E-state index contributed by atoms with van der Waals surface area (Å²) in [5.41, 5.74) is 10.2. The van der Waals surface area contributed by atoms with Crippen molar-refractivity contribution in [3.63, 3.8) is 0 Å². The summed E-state index contributed by atoms with van der Waals surface area (Å²) in [4.78, 5) is 20.5. The number of anilines is 3. The Morgan fingerprint density at radius 2 is 0.750 bits per heavy atom. The van der Waals surface area contributed by atoms with E-state index in [1.807, 2.05) is 60.7 Å². The molecule has 5 aromatic rings. The quantitative estimate of drug-likeness (QED) is 0.114. The summed E-state index contributed by atoms with van der Waals surface area (Å²) in [6.45, 7) is 2.08. The van der Waals surface area contributed by atoms with Crippen molar-refractivity contribution in [3.8, 4) is 0 Å². The fourth-order valence-electron chi connectivity index (χ4n) is 4.78. The summed E-state index contributed by atoms with van der Waals surface area (Å²) >= 11 is 0. The lowest BCUT2D eigenvalue weighted by Crippen LogP contribution is -2.09. The number of nitrogens with zero attached hydrogens (tertiary/aromatic N) is 1. The van der Waals surface area contributed by atoms with Crippen molar-refractivity contribution in [1.29, 1.82) is 0 Å². The lowest BCUT2D eigenvalue weighted by atomic mass is 10.1. The van der Waals surface area contributed by atoms with Gasteiger partial charge in [-0.2, -0.15) is 9.79 Å². The highest BCUT2D eigenvalue weighted by Gasteiger charge is 2.13. The Kier molecular flexibility index (Phi) is 10.4. The molecule has 5 aromatic carbocycles. The summed E-state index contributed by atoms with van der Waals surface area (Å²) < 4.78 is 22.1. The Labute approximate surface area is 260 Å². The van der Waals surface area contributed by atoms with Gasteiger partial charge in [0.2, 0.25) is 12.3 Å². The van der Waals surface area contributed by atoms with Gasteiger partial charge in [-0.1, -0.05) is 115 Å². The Hall–Kier alpha value is -4.50. The van der Waals surface area contributed by atoms with Gasteiger partial charge in [0.25, 0.3) is 0 Å². The van der Waals surface area contributed by atoms with Crippen LogP contribution in [0.3, 0.4) is 0 Å². The van der Waals surface area contributed by atoms with Gasteiger partial charge < -0.3 is 4.90 Å². The summed E-state index contributed by atoms with van der Waals surface area (Å²) in [5.74, 6) is 0. The van der Waals surface area contributed by atoms with Crippen LogP contribution >= 0.6 is 16.1 Å². The fourth-order valence-corrected chi connectivity index (χ4v) is 5.82. The molecule has 0 spiro atoms. The zero-order valence-corrected chi connectivity index (χ0v) is 26.1. The van der Waals surface area contributed by atoms with Crippen LogP contribution in [0.2, 0.25) is 0 Å². The molecule has 2 N–H and O–H groups in total. The molecular weight excluding hydrogens is 584 g/mol. The lowest BCUT2D eigenvalue weighted by molar-refractivity contribution is 0.500. The minimum Gasteiger partial charge on any atom is -0.311 e. The number of hydrogen-bond acceptors (Lipinski definition) is 3. The highest BCUT2D eigenvalue weighted by Crippen LogP contribution is 2.35. The molecule has 7 heteroatoms. The average molecular weight is 618 g/mol. The molecule has 0 radical (unpaired) electrons. The minimum atomic E-state index is -2.18. The molecular formula is C37H33NO4P2+2. The number of benzene rings is 5. The lowest BCUT2D eigenvalue weighted by Gasteiger charge is -2.26.